The zero-order valence-electron chi connectivity index (χ0n) is 34.7. The van der Waals surface area contributed by atoms with Crippen LogP contribution in [-0.2, 0) is 47.6 Å². The van der Waals surface area contributed by atoms with Gasteiger partial charge in [0.25, 0.3) is 0 Å². The number of hydrogen-bond acceptors (Lipinski definition) is 23. The molecule has 26 heteroatoms. The average Bonchev–Trinajstić information content (AvgIpc) is 3.48. The maximum absolute atomic E-state index is 12.2. The van der Waals surface area contributed by atoms with Crippen LogP contribution in [0.4, 0.5) is 0 Å². The SMILES string of the molecule is CC[C@@H](O)[C@@H](O)[C@H](O)[C@H](O)COC(=O)CCCCC(=O)O.C[C@H]1O[C@@](CCl)(O[C@H]2OC(COC(=O)CCCCC(=O)OC[C@@H](O)[C@@H](O)[C@H](O)[C@H](O)CO)[C@H](Cl)[C@H](O)C2O)[C@H](O)C1O. The second-order valence-corrected chi connectivity index (χ2v) is 15.7. The van der Waals surface area contributed by atoms with Gasteiger partial charge in [0.1, 0.15) is 93.1 Å². The van der Waals surface area contributed by atoms with Gasteiger partial charge in [0.15, 0.2) is 6.29 Å². The molecule has 63 heavy (non-hydrogen) atoms. The van der Waals surface area contributed by atoms with Gasteiger partial charge >= 0.3 is 23.9 Å². The minimum atomic E-state index is -1.96. The first-order chi connectivity index (χ1) is 29.5. The summed E-state index contributed by atoms with van der Waals surface area (Å²) in [5, 5.41) is 133. The van der Waals surface area contributed by atoms with Crippen LogP contribution in [0.5, 0.6) is 0 Å². The third-order valence-electron chi connectivity index (χ3n) is 9.92. The van der Waals surface area contributed by atoms with Crippen LogP contribution in [0, 0.1) is 0 Å². The summed E-state index contributed by atoms with van der Waals surface area (Å²) in [4.78, 5) is 45.6. The Kier molecular flexibility index (Phi) is 27.5. The first-order valence-electron chi connectivity index (χ1n) is 20.2. The first kappa shape index (κ1) is 58.8. The lowest BCUT2D eigenvalue weighted by Crippen LogP contribution is -2.61. The minimum absolute atomic E-state index is 0.0102. The molecule has 14 N–H and O–H groups in total. The van der Waals surface area contributed by atoms with E-state index < -0.39 is 159 Å². The summed E-state index contributed by atoms with van der Waals surface area (Å²) in [6, 6.07) is 0. The Hall–Kier alpha value is -2.18. The molecule has 2 aliphatic heterocycles. The van der Waals surface area contributed by atoms with E-state index >= 15 is 0 Å². The van der Waals surface area contributed by atoms with Crippen molar-refractivity contribution in [2.75, 3.05) is 32.3 Å². The van der Waals surface area contributed by atoms with Gasteiger partial charge in [0, 0.05) is 25.7 Å². The van der Waals surface area contributed by atoms with E-state index in [0.717, 1.165) is 0 Å². The number of carboxylic acid groups (broad SMARTS) is 1. The molecule has 3 unspecified atom stereocenters. The van der Waals surface area contributed by atoms with E-state index in [-0.39, 0.29) is 44.9 Å². The summed E-state index contributed by atoms with van der Waals surface area (Å²) in [5.74, 6) is -5.46. The highest BCUT2D eigenvalue weighted by Gasteiger charge is 2.57. The fourth-order valence-corrected chi connectivity index (χ4v) is 6.39. The summed E-state index contributed by atoms with van der Waals surface area (Å²) in [5.41, 5.74) is 0. The Labute approximate surface area is 372 Å². The largest absolute Gasteiger partial charge is 0.481 e. The second kappa shape index (κ2) is 29.5. The van der Waals surface area contributed by atoms with Gasteiger partial charge in [0.05, 0.1) is 30.1 Å². The highest BCUT2D eigenvalue weighted by molar-refractivity contribution is 6.21. The first-order valence-corrected chi connectivity index (χ1v) is 21.1. The maximum Gasteiger partial charge on any atom is 0.305 e. The zero-order chi connectivity index (χ0) is 48.2. The topological polar surface area (TPSA) is 407 Å². The molecular weight excluding hydrogens is 899 g/mol. The third kappa shape index (κ3) is 19.3. The number of aliphatic carboxylic acids is 1. The smallest absolute Gasteiger partial charge is 0.305 e. The normalized spacial score (nSPS) is 29.7. The van der Waals surface area contributed by atoms with Crippen molar-refractivity contribution >= 4 is 47.1 Å². The Morgan fingerprint density at radius 3 is 1.52 bits per heavy atom. The van der Waals surface area contributed by atoms with Crippen LogP contribution in [0.3, 0.4) is 0 Å². The van der Waals surface area contributed by atoms with Crippen molar-refractivity contribution in [2.24, 2.45) is 0 Å². The van der Waals surface area contributed by atoms with E-state index in [1.165, 1.54) is 6.92 Å². The van der Waals surface area contributed by atoms with E-state index in [9.17, 15) is 80.5 Å². The van der Waals surface area contributed by atoms with Gasteiger partial charge in [-0.25, -0.2) is 0 Å². The van der Waals surface area contributed by atoms with Gasteiger partial charge in [0.2, 0.25) is 5.79 Å². The molecule has 0 aromatic heterocycles. The fraction of sp³-hybridized carbons (Fsp3) is 0.892. The van der Waals surface area contributed by atoms with Gasteiger partial charge in [-0.05, 0) is 39.0 Å². The number of ether oxygens (including phenoxy) is 6. The summed E-state index contributed by atoms with van der Waals surface area (Å²) in [6.45, 7) is 0.576. The van der Waals surface area contributed by atoms with Crippen molar-refractivity contribution < 1.29 is 119 Å². The van der Waals surface area contributed by atoms with Crippen molar-refractivity contribution in [1.29, 1.82) is 0 Å². The molecule has 2 fully saturated rings. The molecule has 0 amide bonds. The molecule has 0 aliphatic carbocycles. The minimum Gasteiger partial charge on any atom is -0.481 e. The van der Waals surface area contributed by atoms with E-state index in [0.29, 0.717) is 12.8 Å². The van der Waals surface area contributed by atoms with Gasteiger partial charge in [-0.15, -0.1) is 23.2 Å². The number of alkyl halides is 2. The van der Waals surface area contributed by atoms with Crippen LogP contribution >= 0.6 is 23.2 Å². The second-order valence-electron chi connectivity index (χ2n) is 15.0. The molecule has 0 aromatic carbocycles. The molecule has 2 aliphatic rings. The van der Waals surface area contributed by atoms with Crippen LogP contribution < -0.4 is 0 Å². The number of aliphatic hydroxyl groups excluding tert-OH is 13. The number of esters is 3. The van der Waals surface area contributed by atoms with Crippen molar-refractivity contribution in [3.8, 4) is 0 Å². The van der Waals surface area contributed by atoms with E-state index in [1.807, 2.05) is 0 Å². The molecule has 24 nitrogen and oxygen atoms in total. The summed E-state index contributed by atoms with van der Waals surface area (Å²) < 4.78 is 31.3. The molecule has 0 bridgehead atoms. The molecule has 0 aromatic rings. The number of carboxylic acids is 1. The van der Waals surface area contributed by atoms with Crippen LogP contribution in [-0.4, -0.2) is 231 Å². The van der Waals surface area contributed by atoms with Crippen molar-refractivity contribution in [3.63, 3.8) is 0 Å². The lowest BCUT2D eigenvalue weighted by molar-refractivity contribution is -0.358. The molecule has 0 spiro atoms. The highest BCUT2D eigenvalue weighted by Crippen LogP contribution is 2.37. The Morgan fingerprint density at radius 1 is 0.667 bits per heavy atom. The molecule has 0 radical (unpaired) electrons. The number of unbranched alkanes of at least 4 members (excludes halogenated alkanes) is 2. The lowest BCUT2D eigenvalue weighted by Gasteiger charge is -2.43. The quantitative estimate of drug-likeness (QED) is 0.0159. The van der Waals surface area contributed by atoms with Crippen molar-refractivity contribution in [2.45, 2.75) is 175 Å². The summed E-state index contributed by atoms with van der Waals surface area (Å²) in [7, 11) is 0. The lowest BCUT2D eigenvalue weighted by atomic mass is 10.0. The monoisotopic (exact) mass is 962 g/mol. The third-order valence-corrected chi connectivity index (χ3v) is 10.8. The highest BCUT2D eigenvalue weighted by atomic mass is 35.5. The Bertz CT molecular complexity index is 1350. The van der Waals surface area contributed by atoms with E-state index in [2.05, 4.69) is 0 Å². The molecule has 2 heterocycles. The number of aliphatic hydroxyl groups is 13. The predicted octanol–water partition coefficient (Wildman–Crippen LogP) is -4.76. The molecule has 2 saturated heterocycles. The van der Waals surface area contributed by atoms with Gasteiger partial charge in [-0.3, -0.25) is 19.2 Å². The van der Waals surface area contributed by atoms with Crippen LogP contribution in [0.15, 0.2) is 0 Å². The maximum atomic E-state index is 12.2. The van der Waals surface area contributed by atoms with Crippen LogP contribution in [0.25, 0.3) is 0 Å². The van der Waals surface area contributed by atoms with Crippen molar-refractivity contribution in [3.05, 3.63) is 0 Å². The zero-order valence-corrected chi connectivity index (χ0v) is 36.2. The number of rotatable bonds is 27. The molecule has 370 valence electrons. The fourth-order valence-electron chi connectivity index (χ4n) is 5.82. The Morgan fingerprint density at radius 2 is 1.11 bits per heavy atom. The number of hydrogen-bond donors (Lipinski definition) is 14. The average molecular weight is 964 g/mol. The van der Waals surface area contributed by atoms with Gasteiger partial charge in [-0.1, -0.05) is 6.92 Å². The van der Waals surface area contributed by atoms with E-state index in [4.69, 9.17) is 61.8 Å². The predicted molar refractivity (Wildman–Crippen MR) is 210 cm³/mol. The molecule has 0 saturated carbocycles. The van der Waals surface area contributed by atoms with E-state index in [1.54, 1.807) is 6.92 Å². The van der Waals surface area contributed by atoms with Gasteiger partial charge < -0.3 is 99.9 Å². The van der Waals surface area contributed by atoms with Crippen LogP contribution in [0.2, 0.25) is 0 Å². The molecular formula is C37H64Cl2O24. The summed E-state index contributed by atoms with van der Waals surface area (Å²) in [6.07, 6.45) is -21.9. The van der Waals surface area contributed by atoms with Crippen LogP contribution in [0.1, 0.15) is 71.6 Å². The molecule has 2 rings (SSSR count). The summed E-state index contributed by atoms with van der Waals surface area (Å²) >= 11 is 12.1. The number of carbonyl (C=O) groups is 4. The standard InChI is InChI=1S/C24H40Cl2O16.C13H24O8/c1-10-17(32)22(37)24(9-25,41-10)42-23-21(36)20(35)16(26)13(40-23)8-39-15(31)5-3-2-4-14(30)38-7-12(29)19(34)18(33)11(28)6-27;1-2-8(14)12(19)13(20)9(15)7-21-11(18)6-4-3-5-10(16)17/h10-13,16-23,27-29,32-37H,2-9H2,1H3;8-9,12-15,19-20H,2-7H2,1H3,(H,16,17)/t10-,11-,12-,13?,16+,17?,18-,19-,20+,21?,22-,23-,24+;8-,9-,12-,13-/m11/s1. The van der Waals surface area contributed by atoms with Crippen molar-refractivity contribution in [1.82, 2.24) is 0 Å². The number of carbonyl (C=O) groups excluding carboxylic acids is 3. The Balaban J connectivity index is 0.000000795. The molecule has 17 atom stereocenters. The van der Waals surface area contributed by atoms with Gasteiger partial charge in [-0.2, -0.15) is 0 Å². The number of halogens is 2.